The van der Waals surface area contributed by atoms with Gasteiger partial charge in [-0.25, -0.2) is 0 Å². The first-order chi connectivity index (χ1) is 10.2. The minimum atomic E-state index is -0.277. The van der Waals surface area contributed by atoms with Gasteiger partial charge in [0.15, 0.2) is 0 Å². The fourth-order valence-corrected chi connectivity index (χ4v) is 5.20. The Bertz CT molecular complexity index is 330. The third-order valence-corrected chi connectivity index (χ3v) is 6.93. The van der Waals surface area contributed by atoms with Crippen LogP contribution >= 0.6 is 0 Å². The SMILES string of the molecule is NC1(CO)CCCC1CCN1CCC2(CCCCC2)CC1. The molecule has 2 atom stereocenters. The summed E-state index contributed by atoms with van der Waals surface area (Å²) in [6, 6.07) is 0. The molecule has 1 aliphatic heterocycles. The Morgan fingerprint density at radius 3 is 2.33 bits per heavy atom. The average Bonchev–Trinajstić information content (AvgIpc) is 2.89. The van der Waals surface area contributed by atoms with Gasteiger partial charge in [0.25, 0.3) is 0 Å². The lowest BCUT2D eigenvalue weighted by Gasteiger charge is -2.44. The van der Waals surface area contributed by atoms with Gasteiger partial charge in [-0.2, -0.15) is 0 Å². The molecule has 1 spiro atoms. The number of rotatable bonds is 4. The topological polar surface area (TPSA) is 49.5 Å². The molecule has 0 aromatic rings. The highest BCUT2D eigenvalue weighted by Gasteiger charge is 2.39. The van der Waals surface area contributed by atoms with Crippen LogP contribution in [0.15, 0.2) is 0 Å². The van der Waals surface area contributed by atoms with Crippen molar-refractivity contribution in [1.82, 2.24) is 4.90 Å². The maximum Gasteiger partial charge on any atom is 0.0613 e. The van der Waals surface area contributed by atoms with Gasteiger partial charge in [0.2, 0.25) is 0 Å². The number of hydrogen-bond acceptors (Lipinski definition) is 3. The van der Waals surface area contributed by atoms with Crippen molar-refractivity contribution in [3.63, 3.8) is 0 Å². The summed E-state index contributed by atoms with van der Waals surface area (Å²) >= 11 is 0. The highest BCUT2D eigenvalue weighted by atomic mass is 16.3. The van der Waals surface area contributed by atoms with Crippen LogP contribution in [0, 0.1) is 11.3 Å². The van der Waals surface area contributed by atoms with Crippen LogP contribution in [0.25, 0.3) is 0 Å². The largest absolute Gasteiger partial charge is 0.394 e. The Morgan fingerprint density at radius 2 is 1.67 bits per heavy atom. The van der Waals surface area contributed by atoms with Crippen molar-refractivity contribution in [1.29, 1.82) is 0 Å². The van der Waals surface area contributed by atoms with Crippen LogP contribution in [0.4, 0.5) is 0 Å². The normalized spacial score (nSPS) is 37.1. The van der Waals surface area contributed by atoms with E-state index in [-0.39, 0.29) is 12.1 Å². The van der Waals surface area contributed by atoms with Gasteiger partial charge in [0.05, 0.1) is 6.61 Å². The minimum Gasteiger partial charge on any atom is -0.394 e. The first-order valence-electron chi connectivity index (χ1n) is 9.28. The molecule has 3 rings (SSSR count). The summed E-state index contributed by atoms with van der Waals surface area (Å²) in [5.41, 5.74) is 6.80. The zero-order valence-corrected chi connectivity index (χ0v) is 13.7. The van der Waals surface area contributed by atoms with Crippen LogP contribution in [0.2, 0.25) is 0 Å². The number of aliphatic hydroxyl groups is 1. The summed E-state index contributed by atoms with van der Waals surface area (Å²) in [6.07, 6.45) is 14.8. The molecule has 1 saturated heterocycles. The van der Waals surface area contributed by atoms with Crippen molar-refractivity contribution in [3.05, 3.63) is 0 Å². The lowest BCUT2D eigenvalue weighted by molar-refractivity contribution is 0.0610. The molecular formula is C18H34N2O. The fraction of sp³-hybridized carbons (Fsp3) is 1.00. The van der Waals surface area contributed by atoms with Gasteiger partial charge < -0.3 is 15.7 Å². The number of likely N-dealkylation sites (tertiary alicyclic amines) is 1. The van der Waals surface area contributed by atoms with Gasteiger partial charge in [0, 0.05) is 5.54 Å². The number of piperidine rings is 1. The molecule has 3 nitrogen and oxygen atoms in total. The zero-order chi connectivity index (χ0) is 14.8. The van der Waals surface area contributed by atoms with E-state index in [1.807, 2.05) is 0 Å². The van der Waals surface area contributed by atoms with Crippen molar-refractivity contribution in [2.24, 2.45) is 17.1 Å². The van der Waals surface area contributed by atoms with Crippen LogP contribution < -0.4 is 5.73 Å². The molecule has 0 aromatic heterocycles. The predicted octanol–water partition coefficient (Wildman–Crippen LogP) is 2.91. The molecule has 21 heavy (non-hydrogen) atoms. The van der Waals surface area contributed by atoms with Gasteiger partial charge in [-0.1, -0.05) is 25.7 Å². The van der Waals surface area contributed by atoms with Crippen molar-refractivity contribution < 1.29 is 5.11 Å². The molecule has 0 aromatic carbocycles. The third kappa shape index (κ3) is 3.46. The summed E-state index contributed by atoms with van der Waals surface area (Å²) in [5.74, 6) is 0.535. The minimum absolute atomic E-state index is 0.167. The van der Waals surface area contributed by atoms with Gasteiger partial charge >= 0.3 is 0 Å². The number of nitrogens with two attached hydrogens (primary N) is 1. The number of hydrogen-bond donors (Lipinski definition) is 2. The second kappa shape index (κ2) is 6.55. The Kier molecular flexibility index (Phi) is 4.92. The monoisotopic (exact) mass is 294 g/mol. The van der Waals surface area contributed by atoms with Crippen LogP contribution in [-0.4, -0.2) is 41.8 Å². The van der Waals surface area contributed by atoms with Crippen molar-refractivity contribution >= 4 is 0 Å². The molecular weight excluding hydrogens is 260 g/mol. The summed E-state index contributed by atoms with van der Waals surface area (Å²) in [5, 5.41) is 9.56. The summed E-state index contributed by atoms with van der Waals surface area (Å²) < 4.78 is 0. The van der Waals surface area contributed by atoms with Crippen LogP contribution in [0.1, 0.15) is 70.6 Å². The smallest absolute Gasteiger partial charge is 0.0613 e. The predicted molar refractivity (Wildman–Crippen MR) is 87.2 cm³/mol. The van der Waals surface area contributed by atoms with Crippen molar-refractivity contribution in [3.8, 4) is 0 Å². The molecule has 2 aliphatic carbocycles. The quantitative estimate of drug-likeness (QED) is 0.838. The lowest BCUT2D eigenvalue weighted by Crippen LogP contribution is -2.48. The highest BCUT2D eigenvalue weighted by molar-refractivity contribution is 4.96. The van der Waals surface area contributed by atoms with Crippen molar-refractivity contribution in [2.45, 2.75) is 76.2 Å². The van der Waals surface area contributed by atoms with E-state index in [1.54, 1.807) is 0 Å². The van der Waals surface area contributed by atoms with E-state index in [2.05, 4.69) is 4.90 Å². The van der Waals surface area contributed by atoms with Crippen LogP contribution in [-0.2, 0) is 0 Å². The molecule has 0 amide bonds. The summed E-state index contributed by atoms with van der Waals surface area (Å²) in [4.78, 5) is 2.66. The van der Waals surface area contributed by atoms with E-state index in [0.717, 1.165) is 6.42 Å². The number of nitrogens with zero attached hydrogens (tertiary/aromatic N) is 1. The van der Waals surface area contributed by atoms with E-state index in [4.69, 9.17) is 5.73 Å². The summed E-state index contributed by atoms with van der Waals surface area (Å²) in [7, 11) is 0. The Hall–Kier alpha value is -0.120. The second-order valence-electron chi connectivity index (χ2n) is 8.17. The summed E-state index contributed by atoms with van der Waals surface area (Å²) in [6.45, 7) is 3.95. The average molecular weight is 294 g/mol. The molecule has 3 fully saturated rings. The van der Waals surface area contributed by atoms with E-state index < -0.39 is 0 Å². The first kappa shape index (κ1) is 15.8. The molecule has 2 saturated carbocycles. The molecule has 2 unspecified atom stereocenters. The molecule has 122 valence electrons. The zero-order valence-electron chi connectivity index (χ0n) is 13.7. The standard InChI is InChI=1S/C18H34N2O/c19-18(15-21)9-4-5-16(18)6-12-20-13-10-17(11-14-20)7-2-1-3-8-17/h16,21H,1-15,19H2. The van der Waals surface area contributed by atoms with Gasteiger partial charge in [0.1, 0.15) is 0 Å². The van der Waals surface area contributed by atoms with E-state index >= 15 is 0 Å². The van der Waals surface area contributed by atoms with E-state index in [9.17, 15) is 5.11 Å². The Balaban J connectivity index is 1.43. The van der Waals surface area contributed by atoms with Gasteiger partial charge in [-0.05, 0) is 75.9 Å². The van der Waals surface area contributed by atoms with E-state index in [1.165, 1.54) is 83.8 Å². The van der Waals surface area contributed by atoms with Gasteiger partial charge in [-0.3, -0.25) is 0 Å². The fourth-order valence-electron chi connectivity index (χ4n) is 5.20. The molecule has 0 bridgehead atoms. The third-order valence-electron chi connectivity index (χ3n) is 6.93. The number of aliphatic hydroxyl groups excluding tert-OH is 1. The highest BCUT2D eigenvalue weighted by Crippen LogP contribution is 2.44. The van der Waals surface area contributed by atoms with Crippen LogP contribution in [0.5, 0.6) is 0 Å². The van der Waals surface area contributed by atoms with Gasteiger partial charge in [-0.15, -0.1) is 0 Å². The maximum atomic E-state index is 9.56. The lowest BCUT2D eigenvalue weighted by atomic mass is 9.68. The second-order valence-corrected chi connectivity index (χ2v) is 8.17. The van der Waals surface area contributed by atoms with Crippen molar-refractivity contribution in [2.75, 3.05) is 26.2 Å². The molecule has 3 aliphatic rings. The van der Waals surface area contributed by atoms with E-state index in [0.29, 0.717) is 11.3 Å². The molecule has 3 heteroatoms. The van der Waals surface area contributed by atoms with Crippen LogP contribution in [0.3, 0.4) is 0 Å². The Labute approximate surface area is 130 Å². The molecule has 0 radical (unpaired) electrons. The Morgan fingerprint density at radius 1 is 0.952 bits per heavy atom. The molecule has 1 heterocycles. The molecule has 3 N–H and O–H groups in total. The maximum absolute atomic E-state index is 9.56. The first-order valence-corrected chi connectivity index (χ1v) is 9.28.